The summed E-state index contributed by atoms with van der Waals surface area (Å²) in [7, 11) is 0.919. The molecule has 7 heteroatoms. The Morgan fingerprint density at radius 3 is 2.33 bits per heavy atom. The van der Waals surface area contributed by atoms with Gasteiger partial charge in [0.2, 0.25) is 10.0 Å². The van der Waals surface area contributed by atoms with Crippen LogP contribution < -0.4 is 4.74 Å². The van der Waals surface area contributed by atoms with Gasteiger partial charge in [-0.2, -0.15) is 4.31 Å². The third kappa shape index (κ3) is 4.84. The molecule has 1 aliphatic rings. The van der Waals surface area contributed by atoms with Gasteiger partial charge in [-0.15, -0.1) is 0 Å². The van der Waals surface area contributed by atoms with E-state index in [2.05, 4.69) is 0 Å². The van der Waals surface area contributed by atoms with E-state index >= 15 is 0 Å². The van der Waals surface area contributed by atoms with E-state index in [1.54, 1.807) is 24.1 Å². The van der Waals surface area contributed by atoms with Crippen LogP contribution in [-0.4, -0.2) is 50.8 Å². The number of carbonyl (C=O) groups excluding carboxylic acids is 1. The number of methoxy groups -OCH3 is 1. The Morgan fingerprint density at radius 2 is 1.70 bits per heavy atom. The maximum absolute atomic E-state index is 13.3. The summed E-state index contributed by atoms with van der Waals surface area (Å²) in [5.74, 6) is 0.0681. The summed E-state index contributed by atoms with van der Waals surface area (Å²) in [6.45, 7) is 0.229. The van der Waals surface area contributed by atoms with Crippen LogP contribution in [0.1, 0.15) is 48.0 Å². The quantitative estimate of drug-likeness (QED) is 0.668. The van der Waals surface area contributed by atoms with Crippen molar-refractivity contribution in [1.82, 2.24) is 9.21 Å². The average molecular weight is 431 g/mol. The van der Waals surface area contributed by atoms with Crippen LogP contribution in [-0.2, 0) is 16.6 Å². The van der Waals surface area contributed by atoms with E-state index in [0.717, 1.165) is 31.2 Å². The number of sulfonamides is 1. The summed E-state index contributed by atoms with van der Waals surface area (Å²) in [6.07, 6.45) is 5.42. The van der Waals surface area contributed by atoms with Crippen molar-refractivity contribution in [1.29, 1.82) is 0 Å². The Hall–Kier alpha value is -2.38. The summed E-state index contributed by atoms with van der Waals surface area (Å²) >= 11 is 0. The minimum absolute atomic E-state index is 0.00586. The first-order valence-electron chi connectivity index (χ1n) is 10.3. The number of benzene rings is 2. The Morgan fingerprint density at radius 1 is 1.03 bits per heavy atom. The van der Waals surface area contributed by atoms with Crippen LogP contribution in [0.25, 0.3) is 0 Å². The molecule has 162 valence electrons. The Labute approximate surface area is 179 Å². The predicted octanol–water partition coefficient (Wildman–Crippen LogP) is 3.92. The molecule has 1 fully saturated rings. The lowest BCUT2D eigenvalue weighted by Crippen LogP contribution is -2.38. The lowest BCUT2D eigenvalue weighted by molar-refractivity contribution is 0.0696. The largest absolute Gasteiger partial charge is 0.495 e. The number of rotatable bonds is 7. The van der Waals surface area contributed by atoms with Gasteiger partial charge in [0.05, 0.1) is 7.11 Å². The minimum atomic E-state index is -3.85. The molecular formula is C23H30N2O4S. The monoisotopic (exact) mass is 430 g/mol. The molecule has 0 aliphatic heterocycles. The molecule has 1 aliphatic carbocycles. The van der Waals surface area contributed by atoms with Crippen LogP contribution in [0.5, 0.6) is 5.75 Å². The Kier molecular flexibility index (Phi) is 7.15. The second-order valence-electron chi connectivity index (χ2n) is 7.82. The van der Waals surface area contributed by atoms with Gasteiger partial charge in [0.15, 0.2) is 0 Å². The van der Waals surface area contributed by atoms with Crippen LogP contribution in [0.3, 0.4) is 0 Å². The fraction of sp³-hybridized carbons (Fsp3) is 0.435. The maximum Gasteiger partial charge on any atom is 0.253 e. The van der Waals surface area contributed by atoms with E-state index < -0.39 is 10.0 Å². The van der Waals surface area contributed by atoms with E-state index in [1.165, 1.54) is 30.9 Å². The second-order valence-corrected chi connectivity index (χ2v) is 9.83. The van der Waals surface area contributed by atoms with Crippen molar-refractivity contribution in [3.05, 3.63) is 59.7 Å². The van der Waals surface area contributed by atoms with Gasteiger partial charge in [0, 0.05) is 32.2 Å². The van der Waals surface area contributed by atoms with E-state index in [-0.39, 0.29) is 29.1 Å². The number of hydrogen-bond donors (Lipinski definition) is 0. The number of carbonyl (C=O) groups is 1. The van der Waals surface area contributed by atoms with Crippen molar-refractivity contribution >= 4 is 15.9 Å². The second kappa shape index (κ2) is 9.62. The molecular weight excluding hydrogens is 400 g/mol. The van der Waals surface area contributed by atoms with E-state index in [0.29, 0.717) is 5.56 Å². The standard InChI is InChI=1S/C23H30N2O4S/c1-24(17-18-10-6-4-7-11-18)30(27,28)22-16-19(14-15-21(22)29-3)23(26)25(2)20-12-8-5-9-13-20/h4,6-7,10-11,14-16,20H,5,8-9,12-13,17H2,1-3H3. The highest BCUT2D eigenvalue weighted by atomic mass is 32.2. The van der Waals surface area contributed by atoms with E-state index in [1.807, 2.05) is 30.3 Å². The highest BCUT2D eigenvalue weighted by Gasteiger charge is 2.28. The summed E-state index contributed by atoms with van der Waals surface area (Å²) in [5, 5.41) is 0. The first kappa shape index (κ1) is 22.3. The first-order chi connectivity index (χ1) is 14.3. The average Bonchev–Trinajstić information content (AvgIpc) is 2.78. The van der Waals surface area contributed by atoms with Crippen LogP contribution in [0, 0.1) is 0 Å². The van der Waals surface area contributed by atoms with Crippen LogP contribution in [0.15, 0.2) is 53.4 Å². The molecule has 0 bridgehead atoms. The number of ether oxygens (including phenoxy) is 1. The van der Waals surface area contributed by atoms with Gasteiger partial charge in [-0.05, 0) is 36.6 Å². The first-order valence-corrected chi connectivity index (χ1v) is 11.7. The third-order valence-corrected chi connectivity index (χ3v) is 7.61. The normalized spacial score (nSPS) is 15.2. The van der Waals surface area contributed by atoms with Gasteiger partial charge >= 0.3 is 0 Å². The lowest BCUT2D eigenvalue weighted by Gasteiger charge is -2.31. The molecule has 0 heterocycles. The molecule has 1 amide bonds. The van der Waals surface area contributed by atoms with Gasteiger partial charge in [0.1, 0.15) is 10.6 Å². The molecule has 2 aromatic carbocycles. The molecule has 6 nitrogen and oxygen atoms in total. The number of amides is 1. The third-order valence-electron chi connectivity index (χ3n) is 5.79. The Bertz CT molecular complexity index is 970. The smallest absolute Gasteiger partial charge is 0.253 e. The molecule has 0 aromatic heterocycles. The van der Waals surface area contributed by atoms with Crippen LogP contribution in [0.4, 0.5) is 0 Å². The zero-order valence-electron chi connectivity index (χ0n) is 17.9. The fourth-order valence-electron chi connectivity index (χ4n) is 3.94. The zero-order chi connectivity index (χ0) is 21.7. The van der Waals surface area contributed by atoms with Gasteiger partial charge < -0.3 is 9.64 Å². The molecule has 0 radical (unpaired) electrons. The molecule has 1 saturated carbocycles. The van der Waals surface area contributed by atoms with Gasteiger partial charge in [-0.1, -0.05) is 49.6 Å². The molecule has 0 N–H and O–H groups in total. The number of nitrogens with zero attached hydrogens (tertiary/aromatic N) is 2. The Balaban J connectivity index is 1.88. The van der Waals surface area contributed by atoms with Crippen LogP contribution >= 0.6 is 0 Å². The molecule has 0 unspecified atom stereocenters. The summed E-state index contributed by atoms with van der Waals surface area (Å²) in [6, 6.07) is 14.2. The predicted molar refractivity (Wildman–Crippen MR) is 117 cm³/mol. The van der Waals surface area contributed by atoms with Crippen molar-refractivity contribution in [2.24, 2.45) is 0 Å². The maximum atomic E-state index is 13.3. The topological polar surface area (TPSA) is 66.9 Å². The van der Waals surface area contributed by atoms with Gasteiger partial charge in [-0.3, -0.25) is 4.79 Å². The molecule has 0 atom stereocenters. The SMILES string of the molecule is COc1ccc(C(=O)N(C)C2CCCCC2)cc1S(=O)(=O)N(C)Cc1ccccc1. The van der Waals surface area contributed by atoms with Crippen molar-refractivity contribution in [2.45, 2.75) is 49.6 Å². The van der Waals surface area contributed by atoms with Crippen molar-refractivity contribution in [3.8, 4) is 5.75 Å². The number of hydrogen-bond acceptors (Lipinski definition) is 4. The van der Waals surface area contributed by atoms with Crippen molar-refractivity contribution in [2.75, 3.05) is 21.2 Å². The fourth-order valence-corrected chi connectivity index (χ4v) is 5.28. The lowest BCUT2D eigenvalue weighted by atomic mass is 9.94. The molecule has 0 spiro atoms. The van der Waals surface area contributed by atoms with E-state index in [9.17, 15) is 13.2 Å². The molecule has 30 heavy (non-hydrogen) atoms. The minimum Gasteiger partial charge on any atom is -0.495 e. The molecule has 2 aromatic rings. The highest BCUT2D eigenvalue weighted by Crippen LogP contribution is 2.29. The van der Waals surface area contributed by atoms with Gasteiger partial charge in [0.25, 0.3) is 5.91 Å². The van der Waals surface area contributed by atoms with Gasteiger partial charge in [-0.25, -0.2) is 8.42 Å². The zero-order valence-corrected chi connectivity index (χ0v) is 18.7. The van der Waals surface area contributed by atoms with Crippen molar-refractivity contribution < 1.29 is 17.9 Å². The summed E-state index contributed by atoms with van der Waals surface area (Å²) in [4.78, 5) is 14.8. The van der Waals surface area contributed by atoms with Crippen LogP contribution in [0.2, 0.25) is 0 Å². The van der Waals surface area contributed by atoms with Crippen molar-refractivity contribution in [3.63, 3.8) is 0 Å². The molecule has 3 rings (SSSR count). The van der Waals surface area contributed by atoms with E-state index in [4.69, 9.17) is 4.74 Å². The summed E-state index contributed by atoms with van der Waals surface area (Å²) in [5.41, 5.74) is 1.24. The summed E-state index contributed by atoms with van der Waals surface area (Å²) < 4.78 is 33.2. The molecule has 0 saturated heterocycles. The highest BCUT2D eigenvalue weighted by molar-refractivity contribution is 7.89.